The van der Waals surface area contributed by atoms with Gasteiger partial charge in [0.2, 0.25) is 0 Å². The number of aryl methyl sites for hydroxylation is 1. The molecule has 2 aromatic rings. The van der Waals surface area contributed by atoms with Crippen molar-refractivity contribution >= 4 is 15.9 Å². The predicted octanol–water partition coefficient (Wildman–Crippen LogP) is 3.57. The standard InChI is InChI=1S/C14H15BrN2/c15-13-7-2-1-5-11(13)9-14-16-10-12-6-3-4-8-17(12)14/h1-2,5,7,10H,3-4,6,8-9H2. The molecule has 0 aliphatic carbocycles. The summed E-state index contributed by atoms with van der Waals surface area (Å²) in [5.41, 5.74) is 2.71. The maximum Gasteiger partial charge on any atom is 0.113 e. The molecule has 0 amide bonds. The van der Waals surface area contributed by atoms with Crippen LogP contribution in [-0.4, -0.2) is 9.55 Å². The van der Waals surface area contributed by atoms with Crippen LogP contribution in [-0.2, 0) is 19.4 Å². The van der Waals surface area contributed by atoms with Gasteiger partial charge < -0.3 is 4.57 Å². The molecule has 88 valence electrons. The number of imidazole rings is 1. The lowest BCUT2D eigenvalue weighted by Crippen LogP contribution is -2.13. The summed E-state index contributed by atoms with van der Waals surface area (Å²) in [6, 6.07) is 8.39. The van der Waals surface area contributed by atoms with Crippen molar-refractivity contribution in [3.8, 4) is 0 Å². The van der Waals surface area contributed by atoms with Crippen LogP contribution >= 0.6 is 15.9 Å². The number of rotatable bonds is 2. The van der Waals surface area contributed by atoms with E-state index in [1.54, 1.807) is 0 Å². The Kier molecular flexibility index (Phi) is 3.02. The lowest BCUT2D eigenvalue weighted by Gasteiger charge is -2.16. The fourth-order valence-electron chi connectivity index (χ4n) is 2.46. The van der Waals surface area contributed by atoms with Gasteiger partial charge in [0.05, 0.1) is 0 Å². The highest BCUT2D eigenvalue weighted by molar-refractivity contribution is 9.10. The van der Waals surface area contributed by atoms with Crippen LogP contribution in [0.2, 0.25) is 0 Å². The molecule has 0 fully saturated rings. The third kappa shape index (κ3) is 2.16. The van der Waals surface area contributed by atoms with E-state index in [1.807, 2.05) is 6.20 Å². The van der Waals surface area contributed by atoms with Gasteiger partial charge in [-0.05, 0) is 30.9 Å². The van der Waals surface area contributed by atoms with E-state index in [4.69, 9.17) is 0 Å². The molecular weight excluding hydrogens is 276 g/mol. The van der Waals surface area contributed by atoms with Crippen molar-refractivity contribution in [2.45, 2.75) is 32.2 Å². The molecule has 3 rings (SSSR count). The van der Waals surface area contributed by atoms with E-state index in [0.717, 1.165) is 13.0 Å². The second kappa shape index (κ2) is 4.65. The van der Waals surface area contributed by atoms with Crippen LogP contribution in [0.25, 0.3) is 0 Å². The molecule has 2 nitrogen and oxygen atoms in total. The Bertz CT molecular complexity index is 531. The minimum Gasteiger partial charge on any atom is -0.332 e. The number of aromatic nitrogens is 2. The Labute approximate surface area is 110 Å². The van der Waals surface area contributed by atoms with E-state index < -0.39 is 0 Å². The maximum absolute atomic E-state index is 4.58. The molecule has 0 N–H and O–H groups in total. The Morgan fingerprint density at radius 3 is 3.00 bits per heavy atom. The largest absolute Gasteiger partial charge is 0.332 e. The van der Waals surface area contributed by atoms with Crippen LogP contribution in [0.1, 0.15) is 29.9 Å². The van der Waals surface area contributed by atoms with E-state index in [9.17, 15) is 0 Å². The normalized spacial score (nSPS) is 14.6. The van der Waals surface area contributed by atoms with E-state index >= 15 is 0 Å². The Morgan fingerprint density at radius 2 is 2.12 bits per heavy atom. The highest BCUT2D eigenvalue weighted by atomic mass is 79.9. The highest BCUT2D eigenvalue weighted by Gasteiger charge is 2.14. The van der Waals surface area contributed by atoms with Crippen LogP contribution in [0.15, 0.2) is 34.9 Å². The SMILES string of the molecule is Brc1ccccc1Cc1ncc2n1CCCC2. The molecule has 0 atom stereocenters. The molecule has 0 bridgehead atoms. The lowest BCUT2D eigenvalue weighted by atomic mass is 10.1. The summed E-state index contributed by atoms with van der Waals surface area (Å²) in [4.78, 5) is 4.58. The average molecular weight is 291 g/mol. The zero-order valence-corrected chi connectivity index (χ0v) is 11.3. The van der Waals surface area contributed by atoms with E-state index in [2.05, 4.69) is 49.7 Å². The van der Waals surface area contributed by atoms with Gasteiger partial charge in [0.25, 0.3) is 0 Å². The topological polar surface area (TPSA) is 17.8 Å². The Hall–Kier alpha value is -1.09. The van der Waals surface area contributed by atoms with Gasteiger partial charge in [-0.1, -0.05) is 34.1 Å². The minimum atomic E-state index is 0.918. The third-order valence-corrected chi connectivity index (χ3v) is 4.17. The van der Waals surface area contributed by atoms with Gasteiger partial charge in [0.15, 0.2) is 0 Å². The molecule has 2 heterocycles. The first-order valence-corrected chi connectivity index (χ1v) is 6.90. The van der Waals surface area contributed by atoms with Gasteiger partial charge in [0, 0.05) is 29.3 Å². The fourth-order valence-corrected chi connectivity index (χ4v) is 2.88. The van der Waals surface area contributed by atoms with Crippen LogP contribution in [0.4, 0.5) is 0 Å². The van der Waals surface area contributed by atoms with E-state index in [-0.39, 0.29) is 0 Å². The van der Waals surface area contributed by atoms with Crippen molar-refractivity contribution in [2.24, 2.45) is 0 Å². The minimum absolute atomic E-state index is 0.918. The van der Waals surface area contributed by atoms with Crippen molar-refractivity contribution in [1.82, 2.24) is 9.55 Å². The highest BCUT2D eigenvalue weighted by Crippen LogP contribution is 2.22. The zero-order valence-electron chi connectivity index (χ0n) is 9.69. The molecule has 1 aliphatic heterocycles. The zero-order chi connectivity index (χ0) is 11.7. The first kappa shape index (κ1) is 11.0. The summed E-state index contributed by atoms with van der Waals surface area (Å²) in [5.74, 6) is 1.20. The van der Waals surface area contributed by atoms with Crippen LogP contribution < -0.4 is 0 Å². The molecular formula is C14H15BrN2. The number of nitrogens with zero attached hydrogens (tertiary/aromatic N) is 2. The smallest absolute Gasteiger partial charge is 0.113 e. The monoisotopic (exact) mass is 290 g/mol. The van der Waals surface area contributed by atoms with Crippen molar-refractivity contribution in [3.05, 3.63) is 52.0 Å². The molecule has 1 aromatic heterocycles. The summed E-state index contributed by atoms with van der Waals surface area (Å²) in [5, 5.41) is 0. The molecule has 3 heteroatoms. The Morgan fingerprint density at radius 1 is 1.24 bits per heavy atom. The van der Waals surface area contributed by atoms with Crippen LogP contribution in [0.5, 0.6) is 0 Å². The number of hydrogen-bond acceptors (Lipinski definition) is 1. The van der Waals surface area contributed by atoms with Gasteiger partial charge >= 0.3 is 0 Å². The lowest BCUT2D eigenvalue weighted by molar-refractivity contribution is 0.518. The number of halogens is 1. The number of hydrogen-bond donors (Lipinski definition) is 0. The van der Waals surface area contributed by atoms with Crippen molar-refractivity contribution in [3.63, 3.8) is 0 Å². The predicted molar refractivity (Wildman–Crippen MR) is 72.1 cm³/mol. The summed E-state index contributed by atoms with van der Waals surface area (Å²) in [7, 11) is 0. The molecule has 0 unspecified atom stereocenters. The Balaban J connectivity index is 1.91. The van der Waals surface area contributed by atoms with Gasteiger partial charge in [-0.15, -0.1) is 0 Å². The first-order chi connectivity index (χ1) is 8.34. The van der Waals surface area contributed by atoms with Gasteiger partial charge in [-0.25, -0.2) is 4.98 Å². The summed E-state index contributed by atoms with van der Waals surface area (Å²) in [6.07, 6.45) is 6.74. The summed E-state index contributed by atoms with van der Waals surface area (Å²) < 4.78 is 3.57. The van der Waals surface area contributed by atoms with Crippen LogP contribution in [0, 0.1) is 0 Å². The number of benzene rings is 1. The van der Waals surface area contributed by atoms with Crippen molar-refractivity contribution in [1.29, 1.82) is 0 Å². The van der Waals surface area contributed by atoms with Gasteiger partial charge in [0.1, 0.15) is 5.82 Å². The molecule has 0 radical (unpaired) electrons. The fraction of sp³-hybridized carbons (Fsp3) is 0.357. The van der Waals surface area contributed by atoms with Crippen molar-refractivity contribution < 1.29 is 0 Å². The van der Waals surface area contributed by atoms with Crippen molar-refractivity contribution in [2.75, 3.05) is 0 Å². The van der Waals surface area contributed by atoms with Crippen LogP contribution in [0.3, 0.4) is 0 Å². The molecule has 1 aromatic carbocycles. The molecule has 17 heavy (non-hydrogen) atoms. The first-order valence-electron chi connectivity index (χ1n) is 6.11. The van der Waals surface area contributed by atoms with E-state index in [0.29, 0.717) is 0 Å². The van der Waals surface area contributed by atoms with Gasteiger partial charge in [-0.2, -0.15) is 0 Å². The second-order valence-corrected chi connectivity index (χ2v) is 5.40. The van der Waals surface area contributed by atoms with Gasteiger partial charge in [-0.3, -0.25) is 0 Å². The quantitative estimate of drug-likeness (QED) is 0.827. The number of fused-ring (bicyclic) bond motifs is 1. The summed E-state index contributed by atoms with van der Waals surface area (Å²) in [6.45, 7) is 1.13. The third-order valence-electron chi connectivity index (χ3n) is 3.39. The molecule has 0 saturated heterocycles. The molecule has 1 aliphatic rings. The molecule has 0 saturated carbocycles. The maximum atomic E-state index is 4.58. The average Bonchev–Trinajstić information content (AvgIpc) is 2.76. The van der Waals surface area contributed by atoms with E-state index in [1.165, 1.54) is 40.8 Å². The molecule has 0 spiro atoms. The second-order valence-electron chi connectivity index (χ2n) is 4.54. The summed E-state index contributed by atoms with van der Waals surface area (Å²) >= 11 is 3.60.